The normalized spacial score (nSPS) is 10.2. The van der Waals surface area contributed by atoms with Crippen molar-refractivity contribution >= 4 is 28.1 Å². The number of amides is 1. The van der Waals surface area contributed by atoms with Crippen LogP contribution in [0.2, 0.25) is 0 Å². The summed E-state index contributed by atoms with van der Waals surface area (Å²) in [6, 6.07) is 0. The summed E-state index contributed by atoms with van der Waals surface area (Å²) in [5.74, 6) is -0.278. The van der Waals surface area contributed by atoms with E-state index in [0.717, 1.165) is 6.54 Å². The molecule has 0 radical (unpaired) electrons. The number of aromatic nitrogens is 4. The van der Waals surface area contributed by atoms with Gasteiger partial charge in [0.05, 0.1) is 11.9 Å². The first-order valence-electron chi connectivity index (χ1n) is 5.08. The maximum Gasteiger partial charge on any atom is 0.286 e. The average molecular weight is 252 g/mol. The Bertz CT molecular complexity index is 519. The molecule has 0 aliphatic heterocycles. The van der Waals surface area contributed by atoms with E-state index in [0.29, 0.717) is 15.8 Å². The highest BCUT2D eigenvalue weighted by atomic mass is 32.1. The van der Waals surface area contributed by atoms with Crippen LogP contribution in [-0.4, -0.2) is 32.9 Å². The predicted molar refractivity (Wildman–Crippen MR) is 65.3 cm³/mol. The summed E-state index contributed by atoms with van der Waals surface area (Å²) >= 11 is 1.20. The number of carbonyl (C=O) groups excluding carboxylic acids is 1. The Hall–Kier alpha value is -1.96. The highest BCUT2D eigenvalue weighted by Gasteiger charge is 2.13. The van der Waals surface area contributed by atoms with Gasteiger partial charge in [0, 0.05) is 19.8 Å². The number of carbonyl (C=O) groups is 1. The van der Waals surface area contributed by atoms with Crippen molar-refractivity contribution in [3.05, 3.63) is 17.4 Å². The van der Waals surface area contributed by atoms with Crippen LogP contribution in [0.1, 0.15) is 16.7 Å². The van der Waals surface area contributed by atoms with Crippen molar-refractivity contribution in [2.24, 2.45) is 0 Å². The number of anilines is 2. The fourth-order valence-electron chi connectivity index (χ4n) is 1.20. The molecule has 0 unspecified atom stereocenters. The van der Waals surface area contributed by atoms with Crippen molar-refractivity contribution < 1.29 is 4.79 Å². The molecule has 2 aromatic rings. The lowest BCUT2D eigenvalue weighted by molar-refractivity contribution is 0.102. The molecule has 8 heteroatoms. The largest absolute Gasteiger partial charge is 0.363 e. The lowest BCUT2D eigenvalue weighted by Gasteiger charge is -1.97. The molecule has 7 nitrogen and oxygen atoms in total. The summed E-state index contributed by atoms with van der Waals surface area (Å²) in [6.45, 7) is 2.74. The SMILES string of the molecule is CCn1cc(NC(=O)c2nnc(NC)s2)cn1. The first-order chi connectivity index (χ1) is 8.22. The van der Waals surface area contributed by atoms with Crippen LogP contribution in [0.25, 0.3) is 0 Å². The van der Waals surface area contributed by atoms with E-state index in [1.807, 2.05) is 6.92 Å². The molecular formula is C9H12N6OS. The first-order valence-corrected chi connectivity index (χ1v) is 5.89. The van der Waals surface area contributed by atoms with Gasteiger partial charge in [-0.05, 0) is 6.92 Å². The fourth-order valence-corrected chi connectivity index (χ4v) is 1.79. The van der Waals surface area contributed by atoms with Gasteiger partial charge in [0.25, 0.3) is 5.91 Å². The molecule has 0 saturated carbocycles. The van der Waals surface area contributed by atoms with Gasteiger partial charge in [0.15, 0.2) is 0 Å². The molecule has 0 spiro atoms. The lowest BCUT2D eigenvalue weighted by Crippen LogP contribution is -2.11. The van der Waals surface area contributed by atoms with Crippen LogP contribution < -0.4 is 10.6 Å². The number of nitrogens with one attached hydrogen (secondary N) is 2. The van der Waals surface area contributed by atoms with Crippen LogP contribution in [0.5, 0.6) is 0 Å². The van der Waals surface area contributed by atoms with Crippen LogP contribution in [0.3, 0.4) is 0 Å². The smallest absolute Gasteiger partial charge is 0.286 e. The molecule has 0 aromatic carbocycles. The van der Waals surface area contributed by atoms with Crippen LogP contribution in [0, 0.1) is 0 Å². The molecule has 0 bridgehead atoms. The first kappa shape index (κ1) is 11.5. The summed E-state index contributed by atoms with van der Waals surface area (Å²) in [6.07, 6.45) is 3.36. The second kappa shape index (κ2) is 4.91. The Morgan fingerprint density at radius 1 is 1.53 bits per heavy atom. The summed E-state index contributed by atoms with van der Waals surface area (Å²) in [4.78, 5) is 11.8. The molecule has 0 aliphatic carbocycles. The number of nitrogens with zero attached hydrogens (tertiary/aromatic N) is 4. The van der Waals surface area contributed by atoms with Crippen LogP contribution in [0.4, 0.5) is 10.8 Å². The minimum atomic E-state index is -0.278. The Morgan fingerprint density at radius 2 is 2.35 bits per heavy atom. The third-order valence-corrected chi connectivity index (χ3v) is 2.99. The Labute approximate surface area is 102 Å². The topological polar surface area (TPSA) is 84.7 Å². The van der Waals surface area contributed by atoms with Crippen molar-refractivity contribution in [2.45, 2.75) is 13.5 Å². The van der Waals surface area contributed by atoms with Crippen molar-refractivity contribution in [3.8, 4) is 0 Å². The number of aryl methyl sites for hydroxylation is 1. The van der Waals surface area contributed by atoms with Gasteiger partial charge in [0.2, 0.25) is 10.1 Å². The molecule has 0 fully saturated rings. The van der Waals surface area contributed by atoms with Crippen LogP contribution >= 0.6 is 11.3 Å². The summed E-state index contributed by atoms with van der Waals surface area (Å²) < 4.78 is 1.73. The van der Waals surface area contributed by atoms with E-state index in [2.05, 4.69) is 25.9 Å². The maximum atomic E-state index is 11.8. The number of hydrogen-bond acceptors (Lipinski definition) is 6. The molecule has 2 rings (SSSR count). The second-order valence-electron chi connectivity index (χ2n) is 3.20. The average Bonchev–Trinajstić information content (AvgIpc) is 2.96. The van der Waals surface area contributed by atoms with Gasteiger partial charge in [-0.15, -0.1) is 10.2 Å². The Balaban J connectivity index is 2.05. The Kier molecular flexibility index (Phi) is 3.33. The van der Waals surface area contributed by atoms with E-state index in [9.17, 15) is 4.79 Å². The fraction of sp³-hybridized carbons (Fsp3) is 0.333. The summed E-state index contributed by atoms with van der Waals surface area (Å²) in [7, 11) is 1.73. The molecule has 0 saturated heterocycles. The van der Waals surface area contributed by atoms with Crippen molar-refractivity contribution in [1.29, 1.82) is 0 Å². The molecule has 17 heavy (non-hydrogen) atoms. The van der Waals surface area contributed by atoms with Gasteiger partial charge in [-0.2, -0.15) is 5.10 Å². The van der Waals surface area contributed by atoms with Gasteiger partial charge in [-0.3, -0.25) is 9.48 Å². The Morgan fingerprint density at radius 3 is 2.94 bits per heavy atom. The number of rotatable bonds is 4. The van der Waals surface area contributed by atoms with Gasteiger partial charge in [-0.1, -0.05) is 11.3 Å². The van der Waals surface area contributed by atoms with E-state index >= 15 is 0 Å². The zero-order valence-electron chi connectivity index (χ0n) is 9.47. The van der Waals surface area contributed by atoms with E-state index < -0.39 is 0 Å². The third kappa shape index (κ3) is 2.59. The maximum absolute atomic E-state index is 11.8. The zero-order chi connectivity index (χ0) is 12.3. The minimum Gasteiger partial charge on any atom is -0.363 e. The van der Waals surface area contributed by atoms with Gasteiger partial charge in [0.1, 0.15) is 0 Å². The zero-order valence-corrected chi connectivity index (χ0v) is 10.3. The molecule has 0 aliphatic rings. The van der Waals surface area contributed by atoms with E-state index in [1.165, 1.54) is 11.3 Å². The quantitative estimate of drug-likeness (QED) is 0.849. The van der Waals surface area contributed by atoms with Gasteiger partial charge < -0.3 is 10.6 Å². The van der Waals surface area contributed by atoms with Gasteiger partial charge in [-0.25, -0.2) is 0 Å². The minimum absolute atomic E-state index is 0.278. The monoisotopic (exact) mass is 252 g/mol. The molecule has 0 atom stereocenters. The third-order valence-electron chi connectivity index (χ3n) is 2.05. The molecular weight excluding hydrogens is 240 g/mol. The molecule has 2 N–H and O–H groups in total. The molecule has 1 amide bonds. The molecule has 2 aromatic heterocycles. The molecule has 2 heterocycles. The van der Waals surface area contributed by atoms with Crippen LogP contribution in [-0.2, 0) is 6.54 Å². The summed E-state index contributed by atoms with van der Waals surface area (Å²) in [5, 5.41) is 18.1. The van der Waals surface area contributed by atoms with Crippen molar-refractivity contribution in [2.75, 3.05) is 17.7 Å². The highest BCUT2D eigenvalue weighted by Crippen LogP contribution is 2.15. The standard InChI is InChI=1S/C9H12N6OS/c1-3-15-5-6(4-11-15)12-7(16)8-13-14-9(10-2)17-8/h4-5H,3H2,1-2H3,(H,10,14)(H,12,16). The molecule has 90 valence electrons. The van der Waals surface area contributed by atoms with E-state index in [1.54, 1.807) is 24.1 Å². The van der Waals surface area contributed by atoms with Crippen molar-refractivity contribution in [1.82, 2.24) is 20.0 Å². The van der Waals surface area contributed by atoms with Crippen molar-refractivity contribution in [3.63, 3.8) is 0 Å². The van der Waals surface area contributed by atoms with Crippen LogP contribution in [0.15, 0.2) is 12.4 Å². The highest BCUT2D eigenvalue weighted by molar-refractivity contribution is 7.17. The van der Waals surface area contributed by atoms with Gasteiger partial charge >= 0.3 is 0 Å². The van der Waals surface area contributed by atoms with E-state index in [4.69, 9.17) is 0 Å². The second-order valence-corrected chi connectivity index (χ2v) is 4.18. The lowest BCUT2D eigenvalue weighted by atomic mass is 10.5. The van der Waals surface area contributed by atoms with E-state index in [-0.39, 0.29) is 5.91 Å². The summed E-state index contributed by atoms with van der Waals surface area (Å²) in [5.41, 5.74) is 0.651. The predicted octanol–water partition coefficient (Wildman–Crippen LogP) is 1.05. The number of hydrogen-bond donors (Lipinski definition) is 2.